The maximum Gasteiger partial charge on any atom is 0.0716 e. The summed E-state index contributed by atoms with van der Waals surface area (Å²) in [5.41, 5.74) is 1.44. The van der Waals surface area contributed by atoms with Crippen molar-refractivity contribution in [3.63, 3.8) is 0 Å². The SMILES string of the molecule is Cl.c1ccc(COCCC2CCOC3(CCNCC3)C2)cc1. The lowest BCUT2D eigenvalue weighted by atomic mass is 9.79. The molecule has 124 valence electrons. The van der Waals surface area contributed by atoms with E-state index in [0.29, 0.717) is 0 Å². The quantitative estimate of drug-likeness (QED) is 0.840. The molecule has 1 aromatic rings. The van der Waals surface area contributed by atoms with E-state index in [1.807, 2.05) is 6.07 Å². The van der Waals surface area contributed by atoms with Gasteiger partial charge in [-0.2, -0.15) is 0 Å². The summed E-state index contributed by atoms with van der Waals surface area (Å²) in [6, 6.07) is 10.4. The minimum atomic E-state index is 0. The average Bonchev–Trinajstić information content (AvgIpc) is 2.54. The fraction of sp³-hybridized carbons (Fsp3) is 0.667. The first-order chi connectivity index (χ1) is 10.4. The molecule has 4 heteroatoms. The number of hydrogen-bond acceptors (Lipinski definition) is 3. The van der Waals surface area contributed by atoms with Crippen molar-refractivity contribution in [2.45, 2.75) is 44.3 Å². The molecule has 1 N–H and O–H groups in total. The van der Waals surface area contributed by atoms with Crippen LogP contribution in [0.3, 0.4) is 0 Å². The summed E-state index contributed by atoms with van der Waals surface area (Å²) in [5, 5.41) is 3.44. The molecule has 1 aromatic carbocycles. The summed E-state index contributed by atoms with van der Waals surface area (Å²) >= 11 is 0. The van der Waals surface area contributed by atoms with Crippen LogP contribution in [-0.4, -0.2) is 31.9 Å². The molecule has 0 aromatic heterocycles. The first kappa shape index (κ1) is 17.7. The Labute approximate surface area is 140 Å². The fourth-order valence-corrected chi connectivity index (χ4v) is 3.62. The smallest absolute Gasteiger partial charge is 0.0716 e. The second-order valence-electron chi connectivity index (χ2n) is 6.47. The summed E-state index contributed by atoms with van der Waals surface area (Å²) in [4.78, 5) is 0. The third-order valence-corrected chi connectivity index (χ3v) is 4.89. The van der Waals surface area contributed by atoms with E-state index < -0.39 is 0 Å². The summed E-state index contributed by atoms with van der Waals surface area (Å²) < 4.78 is 12.0. The normalized spacial score (nSPS) is 23.9. The molecule has 2 heterocycles. The Morgan fingerprint density at radius 3 is 2.73 bits per heavy atom. The van der Waals surface area contributed by atoms with Gasteiger partial charge < -0.3 is 14.8 Å². The highest BCUT2D eigenvalue weighted by molar-refractivity contribution is 5.85. The predicted octanol–water partition coefficient (Wildman–Crippen LogP) is 3.56. The van der Waals surface area contributed by atoms with Crippen molar-refractivity contribution in [3.05, 3.63) is 35.9 Å². The van der Waals surface area contributed by atoms with Gasteiger partial charge in [0.1, 0.15) is 0 Å². The minimum Gasteiger partial charge on any atom is -0.377 e. The van der Waals surface area contributed by atoms with Gasteiger partial charge in [-0.3, -0.25) is 0 Å². The third kappa shape index (κ3) is 4.95. The minimum absolute atomic E-state index is 0. The lowest BCUT2D eigenvalue weighted by molar-refractivity contribution is -0.116. The van der Waals surface area contributed by atoms with E-state index in [4.69, 9.17) is 9.47 Å². The Kier molecular flexibility index (Phi) is 7.16. The number of halogens is 1. The van der Waals surface area contributed by atoms with Crippen LogP contribution in [0.25, 0.3) is 0 Å². The van der Waals surface area contributed by atoms with Crippen molar-refractivity contribution in [1.82, 2.24) is 5.32 Å². The largest absolute Gasteiger partial charge is 0.377 e. The molecule has 0 amide bonds. The highest BCUT2D eigenvalue weighted by atomic mass is 35.5. The van der Waals surface area contributed by atoms with E-state index in [9.17, 15) is 0 Å². The van der Waals surface area contributed by atoms with Crippen molar-refractivity contribution < 1.29 is 9.47 Å². The summed E-state index contributed by atoms with van der Waals surface area (Å²) in [5.74, 6) is 0.771. The lowest BCUT2D eigenvalue weighted by Gasteiger charge is -2.43. The number of benzene rings is 1. The van der Waals surface area contributed by atoms with Gasteiger partial charge >= 0.3 is 0 Å². The standard InChI is InChI=1S/C18H27NO2.ClH/c1-2-4-17(5-3-1)15-20-12-6-16-7-13-21-18(14-16)8-10-19-11-9-18;/h1-5,16,19H,6-15H2;1H. The van der Waals surface area contributed by atoms with E-state index in [2.05, 4.69) is 29.6 Å². The fourth-order valence-electron chi connectivity index (χ4n) is 3.62. The lowest BCUT2D eigenvalue weighted by Crippen LogP contribution is -2.48. The Bertz CT molecular complexity index is 415. The van der Waals surface area contributed by atoms with Crippen LogP contribution in [0.4, 0.5) is 0 Å². The second-order valence-corrected chi connectivity index (χ2v) is 6.47. The van der Waals surface area contributed by atoms with Crippen molar-refractivity contribution >= 4 is 12.4 Å². The molecule has 2 fully saturated rings. The average molecular weight is 326 g/mol. The zero-order valence-electron chi connectivity index (χ0n) is 13.3. The maximum atomic E-state index is 6.13. The van der Waals surface area contributed by atoms with Gasteiger partial charge in [-0.1, -0.05) is 30.3 Å². The predicted molar refractivity (Wildman–Crippen MR) is 91.5 cm³/mol. The molecule has 2 aliphatic heterocycles. The van der Waals surface area contributed by atoms with E-state index >= 15 is 0 Å². The van der Waals surface area contributed by atoms with E-state index in [-0.39, 0.29) is 18.0 Å². The number of hydrogen-bond donors (Lipinski definition) is 1. The zero-order valence-corrected chi connectivity index (χ0v) is 14.1. The molecule has 0 aliphatic carbocycles. The molecule has 22 heavy (non-hydrogen) atoms. The molecule has 1 spiro atoms. The Balaban J connectivity index is 0.00000176. The summed E-state index contributed by atoms with van der Waals surface area (Å²) in [6.45, 7) is 4.75. The molecule has 3 rings (SSSR count). The molecule has 1 unspecified atom stereocenters. The number of rotatable bonds is 5. The van der Waals surface area contributed by atoms with Crippen molar-refractivity contribution in [2.75, 3.05) is 26.3 Å². The number of nitrogens with one attached hydrogen (secondary N) is 1. The third-order valence-electron chi connectivity index (χ3n) is 4.89. The number of ether oxygens (including phenoxy) is 2. The molecular weight excluding hydrogens is 298 g/mol. The maximum absolute atomic E-state index is 6.13. The van der Waals surface area contributed by atoms with Gasteiger partial charge in [-0.15, -0.1) is 12.4 Å². The molecule has 0 saturated carbocycles. The van der Waals surface area contributed by atoms with E-state index in [1.54, 1.807) is 0 Å². The first-order valence-corrected chi connectivity index (χ1v) is 8.33. The molecule has 2 saturated heterocycles. The highest BCUT2D eigenvalue weighted by Crippen LogP contribution is 2.37. The van der Waals surface area contributed by atoms with Gasteiger partial charge in [-0.25, -0.2) is 0 Å². The van der Waals surface area contributed by atoms with Crippen LogP contribution in [-0.2, 0) is 16.1 Å². The highest BCUT2D eigenvalue weighted by Gasteiger charge is 2.38. The van der Waals surface area contributed by atoms with Gasteiger partial charge in [0.2, 0.25) is 0 Å². The molecule has 0 bridgehead atoms. The van der Waals surface area contributed by atoms with Gasteiger partial charge in [-0.05, 0) is 56.7 Å². The molecule has 2 aliphatic rings. The first-order valence-electron chi connectivity index (χ1n) is 8.33. The van der Waals surface area contributed by atoms with Crippen molar-refractivity contribution in [3.8, 4) is 0 Å². The second kappa shape index (κ2) is 8.88. The van der Waals surface area contributed by atoms with Crippen molar-refractivity contribution in [1.29, 1.82) is 0 Å². The van der Waals surface area contributed by atoms with Gasteiger partial charge in [0.15, 0.2) is 0 Å². The molecule has 0 radical (unpaired) electrons. The van der Waals surface area contributed by atoms with Crippen LogP contribution in [0.2, 0.25) is 0 Å². The van der Waals surface area contributed by atoms with Crippen LogP contribution in [0.1, 0.15) is 37.7 Å². The Morgan fingerprint density at radius 2 is 1.95 bits per heavy atom. The topological polar surface area (TPSA) is 30.5 Å². The van der Waals surface area contributed by atoms with Crippen LogP contribution < -0.4 is 5.32 Å². The molecule has 3 nitrogen and oxygen atoms in total. The van der Waals surface area contributed by atoms with Crippen LogP contribution >= 0.6 is 12.4 Å². The number of piperidine rings is 1. The van der Waals surface area contributed by atoms with E-state index in [0.717, 1.165) is 38.8 Å². The molecule has 1 atom stereocenters. The van der Waals surface area contributed by atoms with Crippen molar-refractivity contribution in [2.24, 2.45) is 5.92 Å². The van der Waals surface area contributed by atoms with Gasteiger partial charge in [0, 0.05) is 13.2 Å². The Hall–Kier alpha value is -0.610. The Morgan fingerprint density at radius 1 is 1.18 bits per heavy atom. The van der Waals surface area contributed by atoms with Gasteiger partial charge in [0.05, 0.1) is 12.2 Å². The van der Waals surface area contributed by atoms with Crippen LogP contribution in [0.15, 0.2) is 30.3 Å². The van der Waals surface area contributed by atoms with Gasteiger partial charge in [0.25, 0.3) is 0 Å². The summed E-state index contributed by atoms with van der Waals surface area (Å²) in [6.07, 6.45) is 5.95. The van der Waals surface area contributed by atoms with E-state index in [1.165, 1.54) is 37.7 Å². The van der Waals surface area contributed by atoms with Crippen LogP contribution in [0, 0.1) is 5.92 Å². The zero-order chi connectivity index (χ0) is 14.4. The molecular formula is C18H28ClNO2. The monoisotopic (exact) mass is 325 g/mol. The van der Waals surface area contributed by atoms with Crippen LogP contribution in [0.5, 0.6) is 0 Å². The summed E-state index contributed by atoms with van der Waals surface area (Å²) in [7, 11) is 0.